The predicted octanol–water partition coefficient (Wildman–Crippen LogP) is 0.504. The summed E-state index contributed by atoms with van der Waals surface area (Å²) in [7, 11) is 0. The molecule has 0 aliphatic carbocycles. The first-order valence-corrected chi connectivity index (χ1v) is 3.09. The van der Waals surface area contributed by atoms with Crippen LogP contribution in [0.3, 0.4) is 0 Å². The van der Waals surface area contributed by atoms with Gasteiger partial charge in [-0.25, -0.2) is 4.79 Å². The van der Waals surface area contributed by atoms with Crippen molar-refractivity contribution >= 4 is 5.97 Å². The molecule has 0 aromatic carbocycles. The Kier molecular flexibility index (Phi) is 1.76. The Morgan fingerprint density at radius 1 is 1.80 bits per heavy atom. The van der Waals surface area contributed by atoms with Crippen LogP contribution in [0, 0.1) is 0 Å². The van der Waals surface area contributed by atoms with Crippen molar-refractivity contribution in [3.8, 4) is 0 Å². The highest BCUT2D eigenvalue weighted by Gasteiger charge is 2.28. The second-order valence-electron chi connectivity index (χ2n) is 2.47. The molecule has 0 aromatic rings. The smallest absolute Gasteiger partial charge is 0.332 e. The zero-order valence-electron chi connectivity index (χ0n) is 5.92. The van der Waals surface area contributed by atoms with Crippen molar-refractivity contribution in [2.24, 2.45) is 0 Å². The second kappa shape index (κ2) is 2.42. The van der Waals surface area contributed by atoms with E-state index in [0.29, 0.717) is 0 Å². The van der Waals surface area contributed by atoms with Crippen LogP contribution < -0.4 is 0 Å². The minimum atomic E-state index is -0.478. The lowest BCUT2D eigenvalue weighted by Gasteiger charge is -2.29. The average molecular weight is 142 g/mol. The predicted molar refractivity (Wildman–Crippen MR) is 35.5 cm³/mol. The molecule has 1 aliphatic heterocycles. The Balaban J connectivity index is 2.53. The van der Waals surface area contributed by atoms with Gasteiger partial charge < -0.3 is 9.47 Å². The van der Waals surface area contributed by atoms with Gasteiger partial charge in [-0.15, -0.1) is 6.58 Å². The van der Waals surface area contributed by atoms with Gasteiger partial charge in [0.1, 0.15) is 18.8 Å². The van der Waals surface area contributed by atoms with Gasteiger partial charge in [0.05, 0.1) is 0 Å². The Bertz CT molecular complexity index is 152. The molecule has 0 bridgehead atoms. The SMILES string of the molecule is C=C[C@]1(C)COC(=O)CO1. The number of hydrogen-bond acceptors (Lipinski definition) is 3. The number of ether oxygens (including phenoxy) is 2. The molecule has 1 atom stereocenters. The van der Waals surface area contributed by atoms with E-state index in [2.05, 4.69) is 6.58 Å². The summed E-state index contributed by atoms with van der Waals surface area (Å²) in [5.41, 5.74) is -0.478. The van der Waals surface area contributed by atoms with E-state index in [1.54, 1.807) is 6.08 Å². The largest absolute Gasteiger partial charge is 0.461 e. The maximum absolute atomic E-state index is 10.5. The first kappa shape index (κ1) is 7.28. The van der Waals surface area contributed by atoms with Crippen molar-refractivity contribution in [2.75, 3.05) is 13.2 Å². The standard InChI is InChI=1S/C7H10O3/c1-3-7(2)5-9-6(8)4-10-7/h3H,1,4-5H2,2H3/t7-/m1/s1. The zero-order valence-corrected chi connectivity index (χ0v) is 5.92. The molecule has 0 unspecified atom stereocenters. The Morgan fingerprint density at radius 2 is 2.50 bits per heavy atom. The number of carbonyl (C=O) groups excluding carboxylic acids is 1. The molecule has 0 saturated carbocycles. The van der Waals surface area contributed by atoms with E-state index < -0.39 is 5.60 Å². The molecule has 3 nitrogen and oxygen atoms in total. The normalized spacial score (nSPS) is 33.1. The van der Waals surface area contributed by atoms with Crippen LogP contribution >= 0.6 is 0 Å². The minimum Gasteiger partial charge on any atom is -0.461 e. The third-order valence-corrected chi connectivity index (χ3v) is 1.47. The Morgan fingerprint density at radius 3 is 2.90 bits per heavy atom. The van der Waals surface area contributed by atoms with E-state index >= 15 is 0 Å². The van der Waals surface area contributed by atoms with Gasteiger partial charge in [-0.2, -0.15) is 0 Å². The van der Waals surface area contributed by atoms with E-state index in [-0.39, 0.29) is 19.2 Å². The lowest BCUT2D eigenvalue weighted by Crippen LogP contribution is -2.40. The monoisotopic (exact) mass is 142 g/mol. The van der Waals surface area contributed by atoms with E-state index in [1.165, 1.54) is 0 Å². The van der Waals surface area contributed by atoms with Crippen LogP contribution in [0.4, 0.5) is 0 Å². The van der Waals surface area contributed by atoms with Gasteiger partial charge in [-0.05, 0) is 6.92 Å². The van der Waals surface area contributed by atoms with Gasteiger partial charge in [0, 0.05) is 0 Å². The van der Waals surface area contributed by atoms with Crippen LogP contribution in [0.1, 0.15) is 6.92 Å². The number of cyclic esters (lactones) is 1. The molecule has 1 heterocycles. The van der Waals surface area contributed by atoms with Gasteiger partial charge in [-0.1, -0.05) is 6.08 Å². The lowest BCUT2D eigenvalue weighted by atomic mass is 10.1. The second-order valence-corrected chi connectivity index (χ2v) is 2.47. The summed E-state index contributed by atoms with van der Waals surface area (Å²) >= 11 is 0. The molecule has 0 spiro atoms. The van der Waals surface area contributed by atoms with Crippen LogP contribution in [-0.2, 0) is 14.3 Å². The highest BCUT2D eigenvalue weighted by Crippen LogP contribution is 2.15. The fourth-order valence-corrected chi connectivity index (χ4v) is 0.649. The molecule has 56 valence electrons. The summed E-state index contributed by atoms with van der Waals surface area (Å²) < 4.78 is 9.88. The molecule has 0 radical (unpaired) electrons. The van der Waals surface area contributed by atoms with E-state index in [4.69, 9.17) is 9.47 Å². The fourth-order valence-electron chi connectivity index (χ4n) is 0.649. The molecule has 1 aliphatic rings. The van der Waals surface area contributed by atoms with Crippen molar-refractivity contribution in [3.05, 3.63) is 12.7 Å². The van der Waals surface area contributed by atoms with Gasteiger partial charge in [0.2, 0.25) is 0 Å². The zero-order chi connectivity index (χ0) is 7.61. The molecule has 3 heteroatoms. The number of rotatable bonds is 1. The van der Waals surface area contributed by atoms with Crippen LogP contribution in [0.15, 0.2) is 12.7 Å². The molecule has 0 N–H and O–H groups in total. The maximum Gasteiger partial charge on any atom is 0.332 e. The molecule has 0 aromatic heterocycles. The summed E-state index contributed by atoms with van der Waals surface area (Å²) in [6, 6.07) is 0. The van der Waals surface area contributed by atoms with Crippen LogP contribution in [-0.4, -0.2) is 24.8 Å². The number of carbonyl (C=O) groups is 1. The highest BCUT2D eigenvalue weighted by molar-refractivity contribution is 5.71. The highest BCUT2D eigenvalue weighted by atomic mass is 16.6. The Hall–Kier alpha value is -0.830. The van der Waals surface area contributed by atoms with Crippen LogP contribution in [0.2, 0.25) is 0 Å². The van der Waals surface area contributed by atoms with Gasteiger partial charge in [0.15, 0.2) is 0 Å². The van der Waals surface area contributed by atoms with E-state index in [9.17, 15) is 4.79 Å². The first-order valence-electron chi connectivity index (χ1n) is 3.09. The van der Waals surface area contributed by atoms with E-state index in [0.717, 1.165) is 0 Å². The first-order chi connectivity index (χ1) is 4.66. The molecule has 1 rings (SSSR count). The summed E-state index contributed by atoms with van der Waals surface area (Å²) in [5, 5.41) is 0. The van der Waals surface area contributed by atoms with Gasteiger partial charge in [-0.3, -0.25) is 0 Å². The lowest BCUT2D eigenvalue weighted by molar-refractivity contribution is -0.176. The quantitative estimate of drug-likeness (QED) is 0.395. The number of hydrogen-bond donors (Lipinski definition) is 0. The molecular formula is C7H10O3. The van der Waals surface area contributed by atoms with Crippen molar-refractivity contribution in [3.63, 3.8) is 0 Å². The third kappa shape index (κ3) is 1.36. The fraction of sp³-hybridized carbons (Fsp3) is 0.571. The molecule has 1 saturated heterocycles. The molecular weight excluding hydrogens is 132 g/mol. The summed E-state index contributed by atoms with van der Waals surface area (Å²) in [6.07, 6.45) is 1.64. The topological polar surface area (TPSA) is 35.5 Å². The number of esters is 1. The molecule has 0 amide bonds. The van der Waals surface area contributed by atoms with Gasteiger partial charge >= 0.3 is 5.97 Å². The summed E-state index contributed by atoms with van der Waals surface area (Å²) in [6.45, 7) is 5.69. The Labute approximate surface area is 59.6 Å². The van der Waals surface area contributed by atoms with Crippen molar-refractivity contribution in [1.29, 1.82) is 0 Å². The van der Waals surface area contributed by atoms with Crippen LogP contribution in [0.5, 0.6) is 0 Å². The maximum atomic E-state index is 10.5. The van der Waals surface area contributed by atoms with Crippen molar-refractivity contribution in [1.82, 2.24) is 0 Å². The molecule has 1 fully saturated rings. The van der Waals surface area contributed by atoms with Crippen LogP contribution in [0.25, 0.3) is 0 Å². The average Bonchev–Trinajstić information content (AvgIpc) is 1.96. The summed E-state index contributed by atoms with van der Waals surface area (Å²) in [5.74, 6) is -0.306. The van der Waals surface area contributed by atoms with Crippen molar-refractivity contribution in [2.45, 2.75) is 12.5 Å². The van der Waals surface area contributed by atoms with Crippen molar-refractivity contribution < 1.29 is 14.3 Å². The van der Waals surface area contributed by atoms with Gasteiger partial charge in [0.25, 0.3) is 0 Å². The van der Waals surface area contributed by atoms with E-state index in [1.807, 2.05) is 6.92 Å². The third-order valence-electron chi connectivity index (χ3n) is 1.47. The molecule has 10 heavy (non-hydrogen) atoms. The summed E-state index contributed by atoms with van der Waals surface area (Å²) in [4.78, 5) is 10.5. The minimum absolute atomic E-state index is 0.0303.